The molecule has 3 aromatic heterocycles. The van der Waals surface area contributed by atoms with Crippen molar-refractivity contribution in [2.24, 2.45) is 0 Å². The second-order valence-corrected chi connectivity index (χ2v) is 9.48. The SMILES string of the molecule is O=S(=O)(c1ccc(Cl)cc1)c1cc2c(Nc3ccc4ncsc4c3)ncnc2[nH]1. The highest BCUT2D eigenvalue weighted by atomic mass is 35.5. The first-order chi connectivity index (χ1) is 14.0. The minimum Gasteiger partial charge on any atom is -0.340 e. The second-order valence-electron chi connectivity index (χ2n) is 6.24. The lowest BCUT2D eigenvalue weighted by molar-refractivity contribution is 0.593. The van der Waals surface area contributed by atoms with Gasteiger partial charge in [-0.25, -0.2) is 23.4 Å². The van der Waals surface area contributed by atoms with E-state index in [1.165, 1.54) is 24.5 Å². The minimum atomic E-state index is -3.74. The summed E-state index contributed by atoms with van der Waals surface area (Å²) in [5, 5.41) is 4.32. The number of anilines is 2. The molecule has 29 heavy (non-hydrogen) atoms. The molecule has 2 N–H and O–H groups in total. The Balaban J connectivity index is 1.56. The minimum absolute atomic E-state index is 0.0382. The van der Waals surface area contributed by atoms with Crippen LogP contribution in [0.15, 0.2) is 70.3 Å². The molecule has 0 bridgehead atoms. The number of aromatic nitrogens is 4. The zero-order valence-electron chi connectivity index (χ0n) is 14.6. The Morgan fingerprint density at radius 2 is 1.83 bits per heavy atom. The van der Waals surface area contributed by atoms with Gasteiger partial charge >= 0.3 is 0 Å². The van der Waals surface area contributed by atoms with Crippen molar-refractivity contribution in [2.75, 3.05) is 5.32 Å². The molecule has 0 fully saturated rings. The first-order valence-corrected chi connectivity index (χ1v) is 11.2. The Hall–Kier alpha value is -3.01. The standard InChI is InChI=1S/C19H12ClN5O2S2/c20-11-1-4-13(5-2-11)29(26,27)17-8-14-18(21-9-22-19(14)25-17)24-12-3-6-15-16(7-12)28-10-23-15/h1-10H,(H2,21,22,24,25). The predicted molar refractivity (Wildman–Crippen MR) is 114 cm³/mol. The van der Waals surface area contributed by atoms with E-state index in [1.54, 1.807) is 29.0 Å². The molecule has 7 nitrogen and oxygen atoms in total. The number of rotatable bonds is 4. The zero-order chi connectivity index (χ0) is 20.0. The van der Waals surface area contributed by atoms with Gasteiger partial charge in [-0.15, -0.1) is 11.3 Å². The molecule has 0 radical (unpaired) electrons. The van der Waals surface area contributed by atoms with E-state index in [0.717, 1.165) is 15.9 Å². The molecule has 2 aromatic carbocycles. The van der Waals surface area contributed by atoms with Crippen molar-refractivity contribution in [2.45, 2.75) is 9.92 Å². The quantitative estimate of drug-likeness (QED) is 0.415. The van der Waals surface area contributed by atoms with E-state index in [1.807, 2.05) is 18.2 Å². The summed E-state index contributed by atoms with van der Waals surface area (Å²) in [6, 6.07) is 13.3. The van der Waals surface area contributed by atoms with E-state index >= 15 is 0 Å². The van der Waals surface area contributed by atoms with Gasteiger partial charge < -0.3 is 10.3 Å². The summed E-state index contributed by atoms with van der Waals surface area (Å²) in [5.74, 6) is 0.507. The van der Waals surface area contributed by atoms with Crippen molar-refractivity contribution in [3.63, 3.8) is 0 Å². The number of aromatic amines is 1. The summed E-state index contributed by atoms with van der Waals surface area (Å²) in [7, 11) is -3.74. The normalized spacial score (nSPS) is 11.9. The van der Waals surface area contributed by atoms with E-state index in [0.29, 0.717) is 21.9 Å². The molecule has 5 aromatic rings. The number of benzene rings is 2. The highest BCUT2D eigenvalue weighted by molar-refractivity contribution is 7.91. The largest absolute Gasteiger partial charge is 0.340 e. The second kappa shape index (κ2) is 6.80. The number of hydrogen-bond acceptors (Lipinski definition) is 7. The smallest absolute Gasteiger partial charge is 0.221 e. The van der Waals surface area contributed by atoms with Gasteiger partial charge in [0.15, 0.2) is 0 Å². The molecule has 0 saturated carbocycles. The maximum Gasteiger partial charge on any atom is 0.221 e. The average molecular weight is 442 g/mol. The molecule has 0 amide bonds. The molecular formula is C19H12ClN5O2S2. The number of sulfone groups is 1. The summed E-state index contributed by atoms with van der Waals surface area (Å²) >= 11 is 7.41. The first kappa shape index (κ1) is 18.0. The lowest BCUT2D eigenvalue weighted by atomic mass is 10.3. The van der Waals surface area contributed by atoms with Crippen LogP contribution in [0.2, 0.25) is 5.02 Å². The van der Waals surface area contributed by atoms with E-state index in [2.05, 4.69) is 25.3 Å². The van der Waals surface area contributed by atoms with Crippen molar-refractivity contribution in [1.82, 2.24) is 19.9 Å². The molecular weight excluding hydrogens is 430 g/mol. The number of hydrogen-bond donors (Lipinski definition) is 2. The Morgan fingerprint density at radius 3 is 2.66 bits per heavy atom. The Labute approximate surface area is 174 Å². The Morgan fingerprint density at radius 1 is 1.00 bits per heavy atom. The van der Waals surface area contributed by atoms with Crippen LogP contribution in [0.3, 0.4) is 0 Å². The fraction of sp³-hybridized carbons (Fsp3) is 0. The summed E-state index contributed by atoms with van der Waals surface area (Å²) in [5.41, 5.74) is 3.96. The van der Waals surface area contributed by atoms with Gasteiger partial charge in [-0.3, -0.25) is 0 Å². The zero-order valence-corrected chi connectivity index (χ0v) is 17.0. The number of H-pyrrole nitrogens is 1. The predicted octanol–water partition coefficient (Wildman–Crippen LogP) is 4.80. The first-order valence-electron chi connectivity index (χ1n) is 8.45. The molecule has 10 heteroatoms. The highest BCUT2D eigenvalue weighted by Crippen LogP contribution is 2.30. The van der Waals surface area contributed by atoms with Gasteiger partial charge in [0.2, 0.25) is 9.84 Å². The van der Waals surface area contributed by atoms with Gasteiger partial charge in [-0.2, -0.15) is 0 Å². The van der Waals surface area contributed by atoms with Crippen molar-refractivity contribution in [3.05, 3.63) is 65.4 Å². The van der Waals surface area contributed by atoms with Crippen molar-refractivity contribution in [1.29, 1.82) is 0 Å². The van der Waals surface area contributed by atoms with Gasteiger partial charge in [-0.05, 0) is 48.5 Å². The lowest BCUT2D eigenvalue weighted by Crippen LogP contribution is -2.01. The molecule has 0 unspecified atom stereocenters. The van der Waals surface area contributed by atoms with Crippen molar-refractivity contribution in [3.8, 4) is 0 Å². The van der Waals surface area contributed by atoms with Gasteiger partial charge in [0.1, 0.15) is 22.8 Å². The van der Waals surface area contributed by atoms with Gasteiger partial charge in [0.25, 0.3) is 0 Å². The van der Waals surface area contributed by atoms with Crippen LogP contribution < -0.4 is 5.32 Å². The Kier molecular flexibility index (Phi) is 4.23. The number of nitrogens with one attached hydrogen (secondary N) is 2. The van der Waals surface area contributed by atoms with Crippen LogP contribution in [-0.2, 0) is 9.84 Å². The van der Waals surface area contributed by atoms with E-state index in [9.17, 15) is 8.42 Å². The molecule has 5 rings (SSSR count). The number of thiazole rings is 1. The molecule has 0 aliphatic carbocycles. The maximum absolute atomic E-state index is 13.0. The van der Waals surface area contributed by atoms with Crippen LogP contribution in [0, 0.1) is 0 Å². The van der Waals surface area contributed by atoms with Crippen LogP contribution in [0.25, 0.3) is 21.3 Å². The third-order valence-electron chi connectivity index (χ3n) is 4.41. The molecule has 0 spiro atoms. The van der Waals surface area contributed by atoms with Crippen molar-refractivity contribution < 1.29 is 8.42 Å². The molecule has 0 aliphatic heterocycles. The number of halogens is 1. The van der Waals surface area contributed by atoms with E-state index in [-0.39, 0.29) is 9.92 Å². The van der Waals surface area contributed by atoms with E-state index in [4.69, 9.17) is 11.6 Å². The number of nitrogens with zero attached hydrogens (tertiary/aromatic N) is 3. The molecule has 0 aliphatic rings. The number of fused-ring (bicyclic) bond motifs is 2. The van der Waals surface area contributed by atoms with Crippen LogP contribution in [0.4, 0.5) is 11.5 Å². The third-order valence-corrected chi connectivity index (χ3v) is 7.14. The summed E-state index contributed by atoms with van der Waals surface area (Å²) < 4.78 is 26.9. The maximum atomic E-state index is 13.0. The fourth-order valence-corrected chi connectivity index (χ4v) is 5.07. The van der Waals surface area contributed by atoms with Crippen molar-refractivity contribution >= 4 is 65.5 Å². The highest BCUT2D eigenvalue weighted by Gasteiger charge is 2.21. The summed E-state index contributed by atoms with van der Waals surface area (Å²) in [4.78, 5) is 15.7. The Bertz CT molecular complexity index is 1460. The van der Waals surface area contributed by atoms with Crippen LogP contribution in [-0.4, -0.2) is 28.4 Å². The fourth-order valence-electron chi connectivity index (χ4n) is 2.97. The van der Waals surface area contributed by atoms with Gasteiger partial charge in [0.05, 0.1) is 26.0 Å². The monoisotopic (exact) mass is 441 g/mol. The summed E-state index contributed by atoms with van der Waals surface area (Å²) in [6.07, 6.45) is 1.38. The van der Waals surface area contributed by atoms with Gasteiger partial charge in [0, 0.05) is 10.7 Å². The van der Waals surface area contributed by atoms with Crippen LogP contribution >= 0.6 is 22.9 Å². The van der Waals surface area contributed by atoms with Gasteiger partial charge in [-0.1, -0.05) is 11.6 Å². The third kappa shape index (κ3) is 3.23. The topological polar surface area (TPSA) is 101 Å². The lowest BCUT2D eigenvalue weighted by Gasteiger charge is -2.06. The molecule has 144 valence electrons. The van der Waals surface area contributed by atoms with Crippen LogP contribution in [0.5, 0.6) is 0 Å². The van der Waals surface area contributed by atoms with E-state index < -0.39 is 9.84 Å². The average Bonchev–Trinajstić information content (AvgIpc) is 3.35. The van der Waals surface area contributed by atoms with Crippen LogP contribution in [0.1, 0.15) is 0 Å². The molecule has 0 saturated heterocycles. The molecule has 3 heterocycles. The summed E-state index contributed by atoms with van der Waals surface area (Å²) in [6.45, 7) is 0. The molecule has 0 atom stereocenters.